The van der Waals surface area contributed by atoms with Crippen molar-refractivity contribution in [2.24, 2.45) is 0 Å². The van der Waals surface area contributed by atoms with Gasteiger partial charge in [-0.05, 0) is 31.2 Å². The highest BCUT2D eigenvalue weighted by Gasteiger charge is 2.18. The second-order valence-corrected chi connectivity index (χ2v) is 4.48. The van der Waals surface area contributed by atoms with E-state index in [1.807, 2.05) is 6.07 Å². The molecule has 0 amide bonds. The fourth-order valence-electron chi connectivity index (χ4n) is 2.49. The molecule has 3 rings (SSSR count). The van der Waals surface area contributed by atoms with Gasteiger partial charge in [0.05, 0.1) is 7.11 Å². The van der Waals surface area contributed by atoms with Crippen LogP contribution in [-0.2, 0) is 13.0 Å². The normalized spacial score (nSPS) is 16.4. The van der Waals surface area contributed by atoms with Crippen molar-refractivity contribution in [3.63, 3.8) is 0 Å². The standard InChI is InChI=1S/C13H16N2O/c1-15-6-5-11-10-4-3-9(16-2)7-12(10)14-13(11)8-15/h3-4,7,14H,5-6,8H2,1-2H3. The molecule has 1 N–H and O–H groups in total. The summed E-state index contributed by atoms with van der Waals surface area (Å²) in [6.45, 7) is 2.16. The van der Waals surface area contributed by atoms with Gasteiger partial charge in [-0.3, -0.25) is 0 Å². The minimum atomic E-state index is 0.916. The molecule has 0 atom stereocenters. The summed E-state index contributed by atoms with van der Waals surface area (Å²) in [5, 5.41) is 1.35. The minimum absolute atomic E-state index is 0.916. The number of nitrogens with one attached hydrogen (secondary N) is 1. The van der Waals surface area contributed by atoms with Crippen molar-refractivity contribution in [2.75, 3.05) is 20.7 Å². The Hall–Kier alpha value is -1.48. The molecule has 0 bridgehead atoms. The van der Waals surface area contributed by atoms with E-state index in [1.165, 1.54) is 22.2 Å². The predicted octanol–water partition coefficient (Wildman–Crippen LogP) is 2.16. The topological polar surface area (TPSA) is 28.3 Å². The molecular weight excluding hydrogens is 200 g/mol. The van der Waals surface area contributed by atoms with Crippen molar-refractivity contribution >= 4 is 10.9 Å². The summed E-state index contributed by atoms with van der Waals surface area (Å²) in [5.41, 5.74) is 4.03. The number of rotatable bonds is 1. The van der Waals surface area contributed by atoms with Crippen molar-refractivity contribution in [3.8, 4) is 5.75 Å². The van der Waals surface area contributed by atoms with E-state index in [9.17, 15) is 0 Å². The molecular formula is C13H16N2O. The van der Waals surface area contributed by atoms with Gasteiger partial charge in [0.1, 0.15) is 5.75 Å². The molecule has 3 heteroatoms. The Morgan fingerprint density at radius 2 is 2.25 bits per heavy atom. The van der Waals surface area contributed by atoms with Crippen LogP contribution < -0.4 is 4.74 Å². The molecule has 1 aliphatic heterocycles. The van der Waals surface area contributed by atoms with Gasteiger partial charge in [-0.2, -0.15) is 0 Å². The Morgan fingerprint density at radius 1 is 1.38 bits per heavy atom. The number of methoxy groups -OCH3 is 1. The van der Waals surface area contributed by atoms with Crippen molar-refractivity contribution in [1.29, 1.82) is 0 Å². The number of ether oxygens (including phenoxy) is 1. The maximum atomic E-state index is 5.25. The summed E-state index contributed by atoms with van der Waals surface area (Å²) in [6.07, 6.45) is 1.14. The van der Waals surface area contributed by atoms with Gasteiger partial charge in [0.25, 0.3) is 0 Å². The molecule has 0 radical (unpaired) electrons. The highest BCUT2D eigenvalue weighted by molar-refractivity contribution is 5.86. The van der Waals surface area contributed by atoms with E-state index in [1.54, 1.807) is 7.11 Å². The van der Waals surface area contributed by atoms with Crippen molar-refractivity contribution in [1.82, 2.24) is 9.88 Å². The number of aromatic nitrogens is 1. The number of hydrogen-bond donors (Lipinski definition) is 1. The summed E-state index contributed by atoms with van der Waals surface area (Å²) in [7, 11) is 3.87. The Bertz CT molecular complexity index is 530. The van der Waals surface area contributed by atoms with Crippen LogP contribution in [0.5, 0.6) is 5.75 Å². The fraction of sp³-hybridized carbons (Fsp3) is 0.385. The highest BCUT2D eigenvalue weighted by Crippen LogP contribution is 2.29. The van der Waals surface area contributed by atoms with Crippen LogP contribution in [0, 0.1) is 0 Å². The second kappa shape index (κ2) is 3.52. The fourth-order valence-corrected chi connectivity index (χ4v) is 2.49. The summed E-state index contributed by atoms with van der Waals surface area (Å²) < 4.78 is 5.25. The third kappa shape index (κ3) is 1.39. The molecule has 0 unspecified atom stereocenters. The molecule has 84 valence electrons. The van der Waals surface area contributed by atoms with Crippen molar-refractivity contribution in [3.05, 3.63) is 29.5 Å². The predicted molar refractivity (Wildman–Crippen MR) is 64.9 cm³/mol. The zero-order valence-electron chi connectivity index (χ0n) is 9.71. The lowest BCUT2D eigenvalue weighted by Crippen LogP contribution is -2.26. The maximum Gasteiger partial charge on any atom is 0.120 e. The largest absolute Gasteiger partial charge is 0.497 e. The third-order valence-electron chi connectivity index (χ3n) is 3.37. The Kier molecular flexibility index (Phi) is 2.14. The van der Waals surface area contributed by atoms with E-state index in [0.29, 0.717) is 0 Å². The lowest BCUT2D eigenvalue weighted by Gasteiger charge is -2.22. The summed E-state index contributed by atoms with van der Waals surface area (Å²) >= 11 is 0. The molecule has 2 aromatic rings. The number of aromatic amines is 1. The van der Waals surface area contributed by atoms with Gasteiger partial charge in [-0.25, -0.2) is 0 Å². The van der Waals surface area contributed by atoms with Gasteiger partial charge in [0.15, 0.2) is 0 Å². The third-order valence-corrected chi connectivity index (χ3v) is 3.37. The van der Waals surface area contributed by atoms with Crippen LogP contribution >= 0.6 is 0 Å². The smallest absolute Gasteiger partial charge is 0.120 e. The molecule has 0 fully saturated rings. The monoisotopic (exact) mass is 216 g/mol. The van der Waals surface area contributed by atoms with Crippen LogP contribution in [0.25, 0.3) is 10.9 Å². The SMILES string of the molecule is COc1ccc2c3c([nH]c2c1)CN(C)CC3. The number of H-pyrrole nitrogens is 1. The van der Waals surface area contributed by atoms with Gasteiger partial charge in [-0.15, -0.1) is 0 Å². The van der Waals surface area contributed by atoms with Crippen LogP contribution in [-0.4, -0.2) is 30.6 Å². The number of fused-ring (bicyclic) bond motifs is 3. The van der Waals surface area contributed by atoms with Crippen molar-refractivity contribution < 1.29 is 4.74 Å². The molecule has 0 saturated carbocycles. The van der Waals surface area contributed by atoms with Gasteiger partial charge in [-0.1, -0.05) is 0 Å². The number of nitrogens with zero attached hydrogens (tertiary/aromatic N) is 1. The first-order valence-electron chi connectivity index (χ1n) is 5.64. The zero-order valence-corrected chi connectivity index (χ0v) is 9.71. The van der Waals surface area contributed by atoms with Crippen molar-refractivity contribution in [2.45, 2.75) is 13.0 Å². The first-order chi connectivity index (χ1) is 7.78. The lowest BCUT2D eigenvalue weighted by molar-refractivity contribution is 0.310. The van der Waals surface area contributed by atoms with Gasteiger partial charge in [0, 0.05) is 35.8 Å². The lowest BCUT2D eigenvalue weighted by atomic mass is 10.0. The molecule has 3 nitrogen and oxygen atoms in total. The first kappa shape index (κ1) is 9.73. The number of likely N-dealkylation sites (N-methyl/N-ethyl adjacent to an activating group) is 1. The Morgan fingerprint density at radius 3 is 3.06 bits per heavy atom. The van der Waals surface area contributed by atoms with E-state index < -0.39 is 0 Å². The van der Waals surface area contributed by atoms with Crippen LogP contribution in [0.4, 0.5) is 0 Å². The van der Waals surface area contributed by atoms with Crippen LogP contribution in [0.15, 0.2) is 18.2 Å². The zero-order chi connectivity index (χ0) is 11.1. The molecule has 1 aliphatic rings. The van der Waals surface area contributed by atoms with E-state index >= 15 is 0 Å². The van der Waals surface area contributed by atoms with Gasteiger partial charge < -0.3 is 14.6 Å². The second-order valence-electron chi connectivity index (χ2n) is 4.48. The Balaban J connectivity index is 2.16. The minimum Gasteiger partial charge on any atom is -0.497 e. The van der Waals surface area contributed by atoms with E-state index in [4.69, 9.17) is 4.74 Å². The molecule has 1 aromatic carbocycles. The molecule has 2 heterocycles. The van der Waals surface area contributed by atoms with E-state index in [0.717, 1.165) is 25.3 Å². The maximum absolute atomic E-state index is 5.25. The summed E-state index contributed by atoms with van der Waals surface area (Å²) in [6, 6.07) is 6.28. The molecule has 0 saturated heterocycles. The van der Waals surface area contributed by atoms with Gasteiger partial charge in [0.2, 0.25) is 0 Å². The summed E-state index contributed by atoms with van der Waals surface area (Å²) in [5.74, 6) is 0.916. The average Bonchev–Trinajstić information content (AvgIpc) is 2.64. The van der Waals surface area contributed by atoms with E-state index in [2.05, 4.69) is 29.1 Å². The first-order valence-corrected chi connectivity index (χ1v) is 5.64. The molecule has 1 aromatic heterocycles. The Labute approximate surface area is 95.0 Å². The molecule has 0 aliphatic carbocycles. The molecule has 16 heavy (non-hydrogen) atoms. The quantitative estimate of drug-likeness (QED) is 0.791. The average molecular weight is 216 g/mol. The molecule has 0 spiro atoms. The summed E-state index contributed by atoms with van der Waals surface area (Å²) in [4.78, 5) is 5.84. The van der Waals surface area contributed by atoms with E-state index in [-0.39, 0.29) is 0 Å². The number of benzene rings is 1. The highest BCUT2D eigenvalue weighted by atomic mass is 16.5. The van der Waals surface area contributed by atoms with Crippen LogP contribution in [0.1, 0.15) is 11.3 Å². The van der Waals surface area contributed by atoms with Gasteiger partial charge >= 0.3 is 0 Å². The van der Waals surface area contributed by atoms with Crippen LogP contribution in [0.3, 0.4) is 0 Å². The van der Waals surface area contributed by atoms with Crippen LogP contribution in [0.2, 0.25) is 0 Å². The number of hydrogen-bond acceptors (Lipinski definition) is 2.